The number of nitrogens with one attached hydrogen (secondary N) is 2. The van der Waals surface area contributed by atoms with Gasteiger partial charge in [0.05, 0.1) is 5.35 Å². The Labute approximate surface area is 78.9 Å². The lowest BCUT2D eigenvalue weighted by Gasteiger charge is -2.00. The van der Waals surface area contributed by atoms with Gasteiger partial charge in [0, 0.05) is 19.3 Å². The van der Waals surface area contributed by atoms with Crippen LogP contribution in [0, 0.1) is 0 Å². The minimum absolute atomic E-state index is 0.256. The van der Waals surface area contributed by atoms with Gasteiger partial charge in [0.15, 0.2) is 0 Å². The van der Waals surface area contributed by atoms with E-state index in [-0.39, 0.29) is 5.69 Å². The van der Waals surface area contributed by atoms with E-state index in [1.54, 1.807) is 10.8 Å². The molecule has 0 fully saturated rings. The number of hydrogen-bond acceptors (Lipinski definition) is 5. The summed E-state index contributed by atoms with van der Waals surface area (Å²) in [6, 6.07) is 0. The van der Waals surface area contributed by atoms with Crippen LogP contribution in [0.15, 0.2) is 4.79 Å². The summed E-state index contributed by atoms with van der Waals surface area (Å²) in [5.41, 5.74) is 6.88. The first-order chi connectivity index (χ1) is 6.86. The van der Waals surface area contributed by atoms with E-state index in [0.717, 1.165) is 30.2 Å². The molecule has 2 N–H and O–H groups in total. The number of rotatable bonds is 0. The second kappa shape index (κ2) is 2.65. The summed E-state index contributed by atoms with van der Waals surface area (Å²) < 4.78 is 1.68. The molecule has 0 unspecified atom stereocenters. The van der Waals surface area contributed by atoms with E-state index in [1.165, 1.54) is 5.57 Å². The third-order valence-electron chi connectivity index (χ3n) is 2.57. The molecule has 0 aliphatic carbocycles. The van der Waals surface area contributed by atoms with Gasteiger partial charge in [-0.1, -0.05) is 5.10 Å². The zero-order valence-corrected chi connectivity index (χ0v) is 7.45. The fourth-order valence-electron chi connectivity index (χ4n) is 1.92. The fourth-order valence-corrected chi connectivity index (χ4v) is 1.92. The molecule has 0 atom stereocenters. The van der Waals surface area contributed by atoms with Crippen molar-refractivity contribution >= 4 is 11.8 Å². The molecule has 2 aliphatic heterocycles. The molecule has 14 heavy (non-hydrogen) atoms. The van der Waals surface area contributed by atoms with Gasteiger partial charge in [-0.15, -0.1) is 5.10 Å². The van der Waals surface area contributed by atoms with E-state index < -0.39 is 0 Å². The summed E-state index contributed by atoms with van der Waals surface area (Å²) >= 11 is 0. The van der Waals surface area contributed by atoms with E-state index in [1.807, 2.05) is 0 Å². The molecule has 6 heteroatoms. The van der Waals surface area contributed by atoms with Crippen LogP contribution >= 0.6 is 0 Å². The predicted molar refractivity (Wildman–Crippen MR) is 49.2 cm³/mol. The van der Waals surface area contributed by atoms with Crippen LogP contribution in [0.1, 0.15) is 6.42 Å². The van der Waals surface area contributed by atoms with E-state index in [2.05, 4.69) is 21.0 Å². The van der Waals surface area contributed by atoms with Crippen molar-refractivity contribution in [2.24, 2.45) is 0 Å². The zero-order valence-electron chi connectivity index (χ0n) is 7.45. The van der Waals surface area contributed by atoms with Crippen molar-refractivity contribution in [2.45, 2.75) is 13.0 Å². The molecular formula is C8H9N5O. The lowest BCUT2D eigenvalue weighted by Crippen LogP contribution is -2.45. The molecule has 0 saturated heterocycles. The van der Waals surface area contributed by atoms with Crippen LogP contribution < -0.4 is 27.2 Å². The lowest BCUT2D eigenvalue weighted by molar-refractivity contribution is 0.637. The summed E-state index contributed by atoms with van der Waals surface area (Å²) in [6.07, 6.45) is 2.63. The third kappa shape index (κ3) is 0.912. The molecule has 0 spiro atoms. The first kappa shape index (κ1) is 7.69. The average molecular weight is 191 g/mol. The van der Waals surface area contributed by atoms with E-state index in [0.29, 0.717) is 0 Å². The Balaban J connectivity index is 2.54. The van der Waals surface area contributed by atoms with Gasteiger partial charge in [0.25, 0.3) is 0 Å². The van der Waals surface area contributed by atoms with Crippen molar-refractivity contribution in [3.63, 3.8) is 0 Å². The minimum Gasteiger partial charge on any atom is -0.326 e. The van der Waals surface area contributed by atoms with Crippen LogP contribution in [-0.2, 0) is 6.54 Å². The highest BCUT2D eigenvalue weighted by Gasteiger charge is 2.15. The fraction of sp³-hybridized carbons (Fsp3) is 0.375. The highest BCUT2D eigenvalue weighted by Crippen LogP contribution is 2.04. The van der Waals surface area contributed by atoms with Gasteiger partial charge in [-0.25, -0.2) is 10.2 Å². The lowest BCUT2D eigenvalue weighted by atomic mass is 10.2. The van der Waals surface area contributed by atoms with E-state index >= 15 is 0 Å². The van der Waals surface area contributed by atoms with Crippen molar-refractivity contribution in [2.75, 3.05) is 6.54 Å². The summed E-state index contributed by atoms with van der Waals surface area (Å²) in [5.74, 6) is 0. The van der Waals surface area contributed by atoms with Crippen molar-refractivity contribution in [3.05, 3.63) is 21.2 Å². The second-order valence-corrected chi connectivity index (χ2v) is 3.36. The smallest absolute Gasteiger partial charge is 0.326 e. The van der Waals surface area contributed by atoms with Crippen LogP contribution in [0.25, 0.3) is 11.8 Å². The Morgan fingerprint density at radius 1 is 1.43 bits per heavy atom. The molecule has 3 heterocycles. The Morgan fingerprint density at radius 2 is 2.36 bits per heavy atom. The molecular weight excluding hydrogens is 182 g/mol. The highest BCUT2D eigenvalue weighted by atomic mass is 16.1. The monoisotopic (exact) mass is 191 g/mol. The van der Waals surface area contributed by atoms with Gasteiger partial charge in [0.2, 0.25) is 0 Å². The third-order valence-corrected chi connectivity index (χ3v) is 2.57. The normalized spacial score (nSPS) is 18.1. The maximum absolute atomic E-state index is 11.4. The molecule has 6 nitrogen and oxygen atoms in total. The number of nitrogens with zero attached hydrogens (tertiary/aromatic N) is 3. The molecule has 2 aliphatic rings. The van der Waals surface area contributed by atoms with Crippen LogP contribution in [0.2, 0.25) is 0 Å². The van der Waals surface area contributed by atoms with Gasteiger partial charge in [-0.3, -0.25) is 4.57 Å². The summed E-state index contributed by atoms with van der Waals surface area (Å²) in [7, 11) is 0. The van der Waals surface area contributed by atoms with E-state index in [4.69, 9.17) is 0 Å². The molecule has 0 bridgehead atoms. The van der Waals surface area contributed by atoms with Gasteiger partial charge in [0.1, 0.15) is 5.35 Å². The van der Waals surface area contributed by atoms with Crippen molar-refractivity contribution in [1.82, 2.24) is 25.6 Å². The molecule has 0 aromatic carbocycles. The molecule has 72 valence electrons. The maximum atomic E-state index is 11.4. The van der Waals surface area contributed by atoms with Crippen LogP contribution in [-0.4, -0.2) is 21.3 Å². The SMILES string of the molecule is O=c1nnc2c3n1CCC=3CNNC=2. The summed E-state index contributed by atoms with van der Waals surface area (Å²) in [5, 5.41) is 9.12. The molecule has 0 radical (unpaired) electrons. The van der Waals surface area contributed by atoms with Gasteiger partial charge < -0.3 is 5.43 Å². The Hall–Kier alpha value is -1.69. The Bertz CT molecular complexity index is 558. The maximum Gasteiger partial charge on any atom is 0.366 e. The predicted octanol–water partition coefficient (Wildman–Crippen LogP) is -2.96. The zero-order chi connectivity index (χ0) is 9.54. The quantitative estimate of drug-likeness (QED) is 0.458. The van der Waals surface area contributed by atoms with Gasteiger partial charge in [-0.05, 0) is 12.0 Å². The van der Waals surface area contributed by atoms with Crippen molar-refractivity contribution < 1.29 is 0 Å². The summed E-state index contributed by atoms with van der Waals surface area (Å²) in [6.45, 7) is 1.47. The molecule has 0 amide bonds. The molecule has 3 rings (SSSR count). The highest BCUT2D eigenvalue weighted by molar-refractivity contribution is 5.48. The summed E-state index contributed by atoms with van der Waals surface area (Å²) in [4.78, 5) is 11.4. The standard InChI is InChI=1S/C8H9N5O/c14-8-12-11-6-4-10-9-3-5-1-2-13(8)7(5)6/h4,9-10H,1-3H2. The minimum atomic E-state index is -0.256. The van der Waals surface area contributed by atoms with Crippen LogP contribution in [0.4, 0.5) is 0 Å². The largest absolute Gasteiger partial charge is 0.366 e. The first-order valence-electron chi connectivity index (χ1n) is 4.50. The van der Waals surface area contributed by atoms with Crippen LogP contribution in [0.5, 0.6) is 0 Å². The van der Waals surface area contributed by atoms with Crippen molar-refractivity contribution in [3.8, 4) is 0 Å². The van der Waals surface area contributed by atoms with Crippen LogP contribution in [0.3, 0.4) is 0 Å². The number of aromatic nitrogens is 3. The van der Waals surface area contributed by atoms with Gasteiger partial charge in [-0.2, -0.15) is 0 Å². The molecule has 1 aromatic rings. The number of hydrazine groups is 1. The molecule has 0 saturated carbocycles. The average Bonchev–Trinajstić information content (AvgIpc) is 2.51. The van der Waals surface area contributed by atoms with E-state index in [9.17, 15) is 4.79 Å². The second-order valence-electron chi connectivity index (χ2n) is 3.36. The van der Waals surface area contributed by atoms with Gasteiger partial charge >= 0.3 is 5.69 Å². The topological polar surface area (TPSA) is 71.8 Å². The Kier molecular flexibility index (Phi) is 1.45. The first-order valence-corrected chi connectivity index (χ1v) is 4.50. The number of hydrogen-bond donors (Lipinski definition) is 2. The molecule has 1 aromatic heterocycles. The van der Waals surface area contributed by atoms with Crippen molar-refractivity contribution in [1.29, 1.82) is 0 Å². The Morgan fingerprint density at radius 3 is 3.29 bits per heavy atom.